The summed E-state index contributed by atoms with van der Waals surface area (Å²) in [6, 6.07) is 21.3. The van der Waals surface area contributed by atoms with E-state index in [9.17, 15) is 9.59 Å². The third-order valence-electron chi connectivity index (χ3n) is 5.53. The minimum absolute atomic E-state index is 0.198. The van der Waals surface area contributed by atoms with Gasteiger partial charge in [-0.2, -0.15) is 0 Å². The van der Waals surface area contributed by atoms with E-state index in [1.54, 1.807) is 0 Å². The summed E-state index contributed by atoms with van der Waals surface area (Å²) in [4.78, 5) is 31.9. The Labute approximate surface area is 200 Å². The van der Waals surface area contributed by atoms with Crippen molar-refractivity contribution in [2.75, 3.05) is 5.32 Å². The fourth-order valence-electron chi connectivity index (χ4n) is 3.91. The summed E-state index contributed by atoms with van der Waals surface area (Å²) in [6.07, 6.45) is 0. The van der Waals surface area contributed by atoms with Crippen molar-refractivity contribution in [3.05, 3.63) is 93.9 Å². The van der Waals surface area contributed by atoms with E-state index < -0.39 is 0 Å². The largest absolute Gasteiger partial charge is 0.351 e. The molecule has 0 atom stereocenters. The zero-order chi connectivity index (χ0) is 23.8. The number of para-hydroxylation sites is 2. The SMILES string of the molecule is Cc1cccc(Sc2nc3ccccc3n3c(=O)n(CC(=O)Nc4ccc(C)cc4C)nc23)c1. The minimum Gasteiger partial charge on any atom is -0.324 e. The molecular formula is C26H23N5O2S. The van der Waals surface area contributed by atoms with Crippen LogP contribution >= 0.6 is 11.8 Å². The van der Waals surface area contributed by atoms with Crippen LogP contribution in [0, 0.1) is 20.8 Å². The molecule has 1 amide bonds. The third-order valence-corrected chi connectivity index (χ3v) is 6.49. The van der Waals surface area contributed by atoms with E-state index >= 15 is 0 Å². The van der Waals surface area contributed by atoms with Crippen LogP contribution in [-0.4, -0.2) is 25.1 Å². The molecule has 0 fully saturated rings. The number of anilines is 1. The Kier molecular flexibility index (Phi) is 5.67. The van der Waals surface area contributed by atoms with Crippen LogP contribution < -0.4 is 11.0 Å². The number of hydrogen-bond donors (Lipinski definition) is 1. The highest BCUT2D eigenvalue weighted by molar-refractivity contribution is 7.99. The molecule has 0 saturated heterocycles. The minimum atomic E-state index is -0.379. The van der Waals surface area contributed by atoms with Gasteiger partial charge >= 0.3 is 5.69 Å². The Morgan fingerprint density at radius 2 is 1.76 bits per heavy atom. The van der Waals surface area contributed by atoms with Crippen LogP contribution in [0.25, 0.3) is 16.7 Å². The van der Waals surface area contributed by atoms with Crippen LogP contribution in [0.2, 0.25) is 0 Å². The van der Waals surface area contributed by atoms with Gasteiger partial charge in [0.15, 0.2) is 5.65 Å². The zero-order valence-corrected chi connectivity index (χ0v) is 19.9. The molecule has 5 aromatic rings. The lowest BCUT2D eigenvalue weighted by molar-refractivity contribution is -0.117. The molecule has 0 aliphatic rings. The quantitative estimate of drug-likeness (QED) is 0.401. The van der Waals surface area contributed by atoms with Crippen LogP contribution in [0.5, 0.6) is 0 Å². The zero-order valence-electron chi connectivity index (χ0n) is 19.1. The molecule has 0 aliphatic carbocycles. The Morgan fingerprint density at radius 3 is 2.56 bits per heavy atom. The summed E-state index contributed by atoms with van der Waals surface area (Å²) in [7, 11) is 0. The fraction of sp³-hybridized carbons (Fsp3) is 0.154. The molecule has 1 N–H and O–H groups in total. The van der Waals surface area contributed by atoms with Gasteiger partial charge < -0.3 is 5.32 Å². The summed E-state index contributed by atoms with van der Waals surface area (Å²) in [5.74, 6) is -0.317. The molecule has 34 heavy (non-hydrogen) atoms. The molecule has 2 heterocycles. The molecule has 0 radical (unpaired) electrons. The lowest BCUT2D eigenvalue weighted by atomic mass is 10.1. The number of carbonyl (C=O) groups is 1. The molecule has 3 aromatic carbocycles. The summed E-state index contributed by atoms with van der Waals surface area (Å²) in [5, 5.41) is 8.02. The van der Waals surface area contributed by atoms with Crippen molar-refractivity contribution in [1.82, 2.24) is 19.2 Å². The summed E-state index contributed by atoms with van der Waals surface area (Å²) >= 11 is 1.45. The van der Waals surface area contributed by atoms with E-state index in [1.165, 1.54) is 20.8 Å². The number of aromatic nitrogens is 4. The van der Waals surface area contributed by atoms with E-state index in [0.717, 1.165) is 27.3 Å². The predicted molar refractivity (Wildman–Crippen MR) is 135 cm³/mol. The van der Waals surface area contributed by atoms with E-state index in [-0.39, 0.29) is 18.1 Å². The first-order chi connectivity index (χ1) is 16.4. The maximum Gasteiger partial charge on any atom is 0.351 e. The number of nitrogens with zero attached hydrogens (tertiary/aromatic N) is 4. The summed E-state index contributed by atoms with van der Waals surface area (Å²) in [6.45, 7) is 5.77. The average molecular weight is 470 g/mol. The highest BCUT2D eigenvalue weighted by Gasteiger charge is 2.18. The number of carbonyl (C=O) groups excluding carboxylic acids is 1. The molecular weight excluding hydrogens is 446 g/mol. The average Bonchev–Trinajstić information content (AvgIpc) is 3.12. The summed E-state index contributed by atoms with van der Waals surface area (Å²) < 4.78 is 2.73. The first kappa shape index (κ1) is 21.9. The molecule has 0 saturated carbocycles. The van der Waals surface area contributed by atoms with Crippen LogP contribution in [0.15, 0.2) is 81.4 Å². The van der Waals surface area contributed by atoms with Crippen LogP contribution in [-0.2, 0) is 11.3 Å². The van der Waals surface area contributed by atoms with E-state index in [2.05, 4.69) is 16.5 Å². The summed E-state index contributed by atoms with van der Waals surface area (Å²) in [5.41, 5.74) is 5.31. The Hall–Kier alpha value is -3.91. The van der Waals surface area contributed by atoms with Gasteiger partial charge in [0.05, 0.1) is 11.0 Å². The molecule has 170 valence electrons. The number of nitrogens with one attached hydrogen (secondary N) is 1. The van der Waals surface area contributed by atoms with Crippen molar-refractivity contribution < 1.29 is 4.79 Å². The number of amides is 1. The number of rotatable bonds is 5. The van der Waals surface area contributed by atoms with E-state index in [0.29, 0.717) is 21.7 Å². The third kappa shape index (κ3) is 4.20. The second-order valence-corrected chi connectivity index (χ2v) is 9.35. The molecule has 0 spiro atoms. The molecule has 0 unspecified atom stereocenters. The number of hydrogen-bond acceptors (Lipinski definition) is 5. The first-order valence-corrected chi connectivity index (χ1v) is 11.7. The highest BCUT2D eigenvalue weighted by Crippen LogP contribution is 2.30. The van der Waals surface area contributed by atoms with Gasteiger partial charge in [0.1, 0.15) is 11.6 Å². The topological polar surface area (TPSA) is 81.3 Å². The van der Waals surface area contributed by atoms with Crippen LogP contribution in [0.1, 0.15) is 16.7 Å². The van der Waals surface area contributed by atoms with Crippen molar-refractivity contribution in [3.63, 3.8) is 0 Å². The normalized spacial score (nSPS) is 11.3. The Morgan fingerprint density at radius 1 is 0.971 bits per heavy atom. The molecule has 0 aliphatic heterocycles. The van der Waals surface area contributed by atoms with E-state index in [4.69, 9.17) is 4.98 Å². The monoisotopic (exact) mass is 469 g/mol. The van der Waals surface area contributed by atoms with Crippen molar-refractivity contribution >= 4 is 40.0 Å². The molecule has 8 heteroatoms. The van der Waals surface area contributed by atoms with Gasteiger partial charge in [-0.25, -0.2) is 18.9 Å². The number of benzene rings is 3. The van der Waals surface area contributed by atoms with Gasteiger partial charge in [-0.15, -0.1) is 5.10 Å². The van der Waals surface area contributed by atoms with Crippen molar-refractivity contribution in [2.24, 2.45) is 0 Å². The van der Waals surface area contributed by atoms with Crippen molar-refractivity contribution in [2.45, 2.75) is 37.2 Å². The van der Waals surface area contributed by atoms with Gasteiger partial charge in [-0.05, 0) is 56.7 Å². The predicted octanol–water partition coefficient (Wildman–Crippen LogP) is 4.76. The maximum absolute atomic E-state index is 13.3. The lowest BCUT2D eigenvalue weighted by Crippen LogP contribution is -2.28. The second kappa shape index (κ2) is 8.79. The van der Waals surface area contributed by atoms with Gasteiger partial charge in [-0.1, -0.05) is 59.3 Å². The first-order valence-electron chi connectivity index (χ1n) is 10.9. The fourth-order valence-corrected chi connectivity index (χ4v) is 4.89. The van der Waals surface area contributed by atoms with Gasteiger partial charge in [0.2, 0.25) is 5.91 Å². The van der Waals surface area contributed by atoms with Crippen molar-refractivity contribution in [1.29, 1.82) is 0 Å². The van der Waals surface area contributed by atoms with Crippen LogP contribution in [0.3, 0.4) is 0 Å². The molecule has 2 aromatic heterocycles. The van der Waals surface area contributed by atoms with Crippen molar-refractivity contribution in [3.8, 4) is 0 Å². The Bertz CT molecular complexity index is 1620. The van der Waals surface area contributed by atoms with Crippen LogP contribution in [0.4, 0.5) is 5.69 Å². The smallest absolute Gasteiger partial charge is 0.324 e. The molecule has 0 bridgehead atoms. The highest BCUT2D eigenvalue weighted by atomic mass is 32.2. The second-order valence-electron chi connectivity index (χ2n) is 8.29. The van der Waals surface area contributed by atoms with Gasteiger partial charge in [0, 0.05) is 10.6 Å². The maximum atomic E-state index is 13.3. The standard InChI is InChI=1S/C26H23N5O2S/c1-16-7-6-8-19(14-16)34-25-24-29-30(15-23(32)27-20-12-11-17(2)13-18(20)3)26(33)31(24)22-10-5-4-9-21(22)28-25/h4-14H,15H2,1-3H3,(H,27,32). The number of fused-ring (bicyclic) bond motifs is 3. The van der Waals surface area contributed by atoms with E-state index in [1.807, 2.05) is 81.4 Å². The molecule has 7 nitrogen and oxygen atoms in total. The molecule has 5 rings (SSSR count). The van der Waals surface area contributed by atoms with Gasteiger partial charge in [-0.3, -0.25) is 4.79 Å². The number of aryl methyl sites for hydroxylation is 3. The Balaban J connectivity index is 1.56. The lowest BCUT2D eigenvalue weighted by Gasteiger charge is -2.08. The van der Waals surface area contributed by atoms with Gasteiger partial charge in [0.25, 0.3) is 0 Å².